The van der Waals surface area contributed by atoms with E-state index in [2.05, 4.69) is 0 Å². The molecular formula is C17H20FNO2. The summed E-state index contributed by atoms with van der Waals surface area (Å²) in [5.41, 5.74) is 7.75. The molecule has 112 valence electrons. The van der Waals surface area contributed by atoms with E-state index in [4.69, 9.17) is 10.5 Å². The molecule has 0 spiro atoms. The van der Waals surface area contributed by atoms with Gasteiger partial charge in [-0.1, -0.05) is 24.3 Å². The van der Waals surface area contributed by atoms with E-state index in [1.807, 2.05) is 24.3 Å². The van der Waals surface area contributed by atoms with Crippen LogP contribution >= 0.6 is 0 Å². The lowest BCUT2D eigenvalue weighted by Crippen LogP contribution is -2.20. The standard InChI is InChI=1S/C17H20FNO2/c1-11-6-7-13(9-16(11)18)17(20)15(10-19)12-4-3-5-14(8-12)21-2/h3-9,15,17,20H,10,19H2,1-2H3. The van der Waals surface area contributed by atoms with E-state index >= 15 is 0 Å². The van der Waals surface area contributed by atoms with Crippen LogP contribution in [0.25, 0.3) is 0 Å². The van der Waals surface area contributed by atoms with Gasteiger partial charge in [-0.05, 0) is 41.8 Å². The van der Waals surface area contributed by atoms with Crippen LogP contribution in [-0.4, -0.2) is 18.8 Å². The fraction of sp³-hybridized carbons (Fsp3) is 0.294. The zero-order valence-corrected chi connectivity index (χ0v) is 12.2. The number of halogens is 1. The molecule has 0 amide bonds. The Labute approximate surface area is 124 Å². The summed E-state index contributed by atoms with van der Waals surface area (Å²) in [4.78, 5) is 0. The average Bonchev–Trinajstić information content (AvgIpc) is 2.51. The summed E-state index contributed by atoms with van der Waals surface area (Å²) in [6.07, 6.45) is -0.864. The van der Waals surface area contributed by atoms with Crippen LogP contribution in [0.5, 0.6) is 5.75 Å². The topological polar surface area (TPSA) is 55.5 Å². The van der Waals surface area contributed by atoms with Gasteiger partial charge in [-0.3, -0.25) is 0 Å². The first-order valence-electron chi connectivity index (χ1n) is 6.85. The first kappa shape index (κ1) is 15.5. The Morgan fingerprint density at radius 2 is 1.95 bits per heavy atom. The van der Waals surface area contributed by atoms with Gasteiger partial charge in [-0.2, -0.15) is 0 Å². The molecule has 0 aromatic heterocycles. The summed E-state index contributed by atoms with van der Waals surface area (Å²) in [6.45, 7) is 1.94. The molecule has 2 unspecified atom stereocenters. The van der Waals surface area contributed by atoms with E-state index in [1.165, 1.54) is 6.07 Å². The molecule has 0 fully saturated rings. The van der Waals surface area contributed by atoms with Crippen molar-refractivity contribution < 1.29 is 14.2 Å². The van der Waals surface area contributed by atoms with Gasteiger partial charge < -0.3 is 15.6 Å². The third-order valence-corrected chi connectivity index (χ3v) is 3.69. The summed E-state index contributed by atoms with van der Waals surface area (Å²) in [5, 5.41) is 10.5. The van der Waals surface area contributed by atoms with E-state index in [9.17, 15) is 9.50 Å². The van der Waals surface area contributed by atoms with E-state index in [0.29, 0.717) is 16.9 Å². The second-order valence-electron chi connectivity index (χ2n) is 5.07. The molecule has 0 aliphatic heterocycles. The Morgan fingerprint density at radius 3 is 2.57 bits per heavy atom. The van der Waals surface area contributed by atoms with Gasteiger partial charge in [0, 0.05) is 12.5 Å². The van der Waals surface area contributed by atoms with Gasteiger partial charge in [-0.25, -0.2) is 4.39 Å². The second kappa shape index (κ2) is 6.70. The normalized spacial score (nSPS) is 13.8. The third-order valence-electron chi connectivity index (χ3n) is 3.69. The number of aliphatic hydroxyl groups is 1. The Morgan fingerprint density at radius 1 is 1.19 bits per heavy atom. The molecule has 2 aromatic carbocycles. The van der Waals surface area contributed by atoms with Crippen molar-refractivity contribution in [3.05, 3.63) is 65.0 Å². The number of hydrogen-bond acceptors (Lipinski definition) is 3. The van der Waals surface area contributed by atoms with Crippen LogP contribution in [0.1, 0.15) is 28.7 Å². The number of rotatable bonds is 5. The number of aryl methyl sites for hydroxylation is 1. The lowest BCUT2D eigenvalue weighted by atomic mass is 9.89. The van der Waals surface area contributed by atoms with Crippen LogP contribution in [0.15, 0.2) is 42.5 Å². The average molecular weight is 289 g/mol. The predicted molar refractivity (Wildman–Crippen MR) is 80.9 cm³/mol. The van der Waals surface area contributed by atoms with Crippen LogP contribution in [-0.2, 0) is 0 Å². The number of hydrogen-bond donors (Lipinski definition) is 2. The zero-order valence-electron chi connectivity index (χ0n) is 12.2. The summed E-state index contributed by atoms with van der Waals surface area (Å²) < 4.78 is 18.9. The zero-order chi connectivity index (χ0) is 15.4. The van der Waals surface area contributed by atoms with Crippen molar-refractivity contribution in [2.45, 2.75) is 18.9 Å². The second-order valence-corrected chi connectivity index (χ2v) is 5.07. The minimum atomic E-state index is -0.864. The lowest BCUT2D eigenvalue weighted by Gasteiger charge is -2.23. The Balaban J connectivity index is 2.32. The van der Waals surface area contributed by atoms with Crippen molar-refractivity contribution >= 4 is 0 Å². The van der Waals surface area contributed by atoms with Crippen molar-refractivity contribution in [2.75, 3.05) is 13.7 Å². The summed E-state index contributed by atoms with van der Waals surface area (Å²) in [7, 11) is 1.59. The summed E-state index contributed by atoms with van der Waals surface area (Å²) in [5.74, 6) is 0.0587. The lowest BCUT2D eigenvalue weighted by molar-refractivity contribution is 0.147. The van der Waals surface area contributed by atoms with E-state index in [0.717, 1.165) is 5.56 Å². The maximum atomic E-state index is 13.7. The molecule has 0 saturated carbocycles. The molecule has 0 radical (unpaired) electrons. The van der Waals surface area contributed by atoms with Crippen molar-refractivity contribution in [1.29, 1.82) is 0 Å². The molecule has 21 heavy (non-hydrogen) atoms. The molecule has 4 heteroatoms. The van der Waals surface area contributed by atoms with Gasteiger partial charge in [0.2, 0.25) is 0 Å². The number of ether oxygens (including phenoxy) is 1. The Hall–Kier alpha value is -1.91. The molecule has 0 bridgehead atoms. The first-order valence-corrected chi connectivity index (χ1v) is 6.85. The molecule has 3 N–H and O–H groups in total. The van der Waals surface area contributed by atoms with Gasteiger partial charge in [0.15, 0.2) is 0 Å². The largest absolute Gasteiger partial charge is 0.497 e. The molecule has 2 rings (SSSR count). The third kappa shape index (κ3) is 3.40. The van der Waals surface area contributed by atoms with Crippen molar-refractivity contribution in [1.82, 2.24) is 0 Å². The molecule has 0 saturated heterocycles. The van der Waals surface area contributed by atoms with Gasteiger partial charge in [-0.15, -0.1) is 0 Å². The van der Waals surface area contributed by atoms with E-state index < -0.39 is 6.10 Å². The Kier molecular flexibility index (Phi) is 4.94. The number of methoxy groups -OCH3 is 1. The summed E-state index contributed by atoms with van der Waals surface area (Å²) in [6, 6.07) is 12.1. The molecule has 0 heterocycles. The number of aliphatic hydroxyl groups excluding tert-OH is 1. The molecule has 0 aliphatic rings. The fourth-order valence-electron chi connectivity index (χ4n) is 2.34. The fourth-order valence-corrected chi connectivity index (χ4v) is 2.34. The number of benzene rings is 2. The maximum Gasteiger partial charge on any atom is 0.126 e. The van der Waals surface area contributed by atoms with Crippen molar-refractivity contribution in [3.63, 3.8) is 0 Å². The smallest absolute Gasteiger partial charge is 0.126 e. The van der Waals surface area contributed by atoms with Gasteiger partial charge >= 0.3 is 0 Å². The van der Waals surface area contributed by atoms with Gasteiger partial charge in [0.25, 0.3) is 0 Å². The van der Waals surface area contributed by atoms with Crippen LogP contribution in [0.2, 0.25) is 0 Å². The quantitative estimate of drug-likeness (QED) is 0.890. The molecule has 3 nitrogen and oxygen atoms in total. The molecule has 2 atom stereocenters. The first-order chi connectivity index (χ1) is 10.1. The maximum absolute atomic E-state index is 13.7. The highest BCUT2D eigenvalue weighted by Crippen LogP contribution is 2.32. The van der Waals surface area contributed by atoms with Crippen molar-refractivity contribution in [2.24, 2.45) is 5.73 Å². The summed E-state index contributed by atoms with van der Waals surface area (Å²) >= 11 is 0. The minimum Gasteiger partial charge on any atom is -0.497 e. The highest BCUT2D eigenvalue weighted by atomic mass is 19.1. The molecule has 2 aromatic rings. The molecular weight excluding hydrogens is 269 g/mol. The van der Waals surface area contributed by atoms with Crippen LogP contribution in [0, 0.1) is 12.7 Å². The van der Waals surface area contributed by atoms with Crippen LogP contribution in [0.4, 0.5) is 4.39 Å². The van der Waals surface area contributed by atoms with E-state index in [1.54, 1.807) is 26.2 Å². The van der Waals surface area contributed by atoms with Crippen LogP contribution in [0.3, 0.4) is 0 Å². The number of nitrogens with two attached hydrogens (primary N) is 1. The van der Waals surface area contributed by atoms with Gasteiger partial charge in [0.05, 0.1) is 13.2 Å². The monoisotopic (exact) mass is 289 g/mol. The Bertz CT molecular complexity index is 615. The highest BCUT2D eigenvalue weighted by molar-refractivity contribution is 5.34. The SMILES string of the molecule is COc1cccc(C(CN)C(O)c2ccc(C)c(F)c2)c1. The minimum absolute atomic E-state index is 0.254. The molecule has 0 aliphatic carbocycles. The van der Waals surface area contributed by atoms with Crippen molar-refractivity contribution in [3.8, 4) is 5.75 Å². The van der Waals surface area contributed by atoms with E-state index in [-0.39, 0.29) is 18.3 Å². The predicted octanol–water partition coefficient (Wildman–Crippen LogP) is 2.92. The highest BCUT2D eigenvalue weighted by Gasteiger charge is 2.22. The van der Waals surface area contributed by atoms with Gasteiger partial charge in [0.1, 0.15) is 11.6 Å². The van der Waals surface area contributed by atoms with Crippen LogP contribution < -0.4 is 10.5 Å².